The Morgan fingerprint density at radius 2 is 1.78 bits per heavy atom. The maximum absolute atomic E-state index is 12.2. The van der Waals surface area contributed by atoms with Crippen LogP contribution in [0, 0.1) is 11.3 Å². The normalized spacial score (nSPS) is 20.1. The summed E-state index contributed by atoms with van der Waals surface area (Å²) in [5, 5.41) is 4.39. The monoisotopic (exact) mass is 252 g/mol. The first-order valence-electron chi connectivity index (χ1n) is 6.15. The molecule has 0 saturated carbocycles. The SMILES string of the molecule is C=C(C)CC1(C(C)CCC)C(=O)NC(=O)NC1=O. The van der Waals surface area contributed by atoms with Crippen LogP contribution in [-0.2, 0) is 9.59 Å². The molecule has 0 radical (unpaired) electrons. The number of rotatable bonds is 5. The van der Waals surface area contributed by atoms with Gasteiger partial charge in [0.05, 0.1) is 0 Å². The average Bonchev–Trinajstić information content (AvgIpc) is 2.23. The van der Waals surface area contributed by atoms with Crippen molar-refractivity contribution in [2.75, 3.05) is 0 Å². The third-order valence-electron chi connectivity index (χ3n) is 3.41. The van der Waals surface area contributed by atoms with E-state index in [0.29, 0.717) is 0 Å². The Kier molecular flexibility index (Phi) is 4.27. The molecule has 0 aromatic rings. The summed E-state index contributed by atoms with van der Waals surface area (Å²) in [4.78, 5) is 35.5. The Hall–Kier alpha value is -1.65. The lowest BCUT2D eigenvalue weighted by Gasteiger charge is -2.38. The van der Waals surface area contributed by atoms with E-state index in [1.165, 1.54) is 0 Å². The van der Waals surface area contributed by atoms with E-state index in [1.807, 2.05) is 13.8 Å². The number of urea groups is 1. The molecule has 1 saturated heterocycles. The molecule has 1 atom stereocenters. The van der Waals surface area contributed by atoms with Crippen LogP contribution < -0.4 is 10.6 Å². The summed E-state index contributed by atoms with van der Waals surface area (Å²) in [5.74, 6) is -1.17. The van der Waals surface area contributed by atoms with Gasteiger partial charge in [-0.25, -0.2) is 4.79 Å². The maximum Gasteiger partial charge on any atom is 0.328 e. The second kappa shape index (κ2) is 5.33. The molecule has 1 aliphatic heterocycles. The van der Waals surface area contributed by atoms with E-state index in [1.54, 1.807) is 6.92 Å². The van der Waals surface area contributed by atoms with Crippen molar-refractivity contribution < 1.29 is 14.4 Å². The van der Waals surface area contributed by atoms with Gasteiger partial charge in [0.15, 0.2) is 0 Å². The smallest absolute Gasteiger partial charge is 0.277 e. The molecule has 18 heavy (non-hydrogen) atoms. The minimum atomic E-state index is -1.21. The number of nitrogens with one attached hydrogen (secondary N) is 2. The molecule has 5 heteroatoms. The van der Waals surface area contributed by atoms with E-state index in [9.17, 15) is 14.4 Å². The molecule has 1 unspecified atom stereocenters. The van der Waals surface area contributed by atoms with Gasteiger partial charge in [-0.1, -0.05) is 25.8 Å². The summed E-state index contributed by atoms with van der Waals surface area (Å²) < 4.78 is 0. The highest BCUT2D eigenvalue weighted by molar-refractivity contribution is 6.19. The van der Waals surface area contributed by atoms with Gasteiger partial charge in [-0.15, -0.1) is 6.58 Å². The van der Waals surface area contributed by atoms with Crippen molar-refractivity contribution in [1.29, 1.82) is 0 Å². The van der Waals surface area contributed by atoms with Crippen molar-refractivity contribution in [3.8, 4) is 0 Å². The molecule has 0 aromatic heterocycles. The first-order chi connectivity index (χ1) is 8.34. The van der Waals surface area contributed by atoms with Gasteiger partial charge in [0, 0.05) is 0 Å². The number of carbonyl (C=O) groups excluding carboxylic acids is 3. The van der Waals surface area contributed by atoms with Gasteiger partial charge in [-0.2, -0.15) is 0 Å². The van der Waals surface area contributed by atoms with Crippen molar-refractivity contribution in [3.63, 3.8) is 0 Å². The molecule has 1 heterocycles. The number of imide groups is 2. The number of carbonyl (C=O) groups is 3. The van der Waals surface area contributed by atoms with Gasteiger partial charge >= 0.3 is 6.03 Å². The molecule has 1 fully saturated rings. The van der Waals surface area contributed by atoms with E-state index in [-0.39, 0.29) is 12.3 Å². The molecule has 0 spiro atoms. The van der Waals surface area contributed by atoms with Crippen molar-refractivity contribution in [1.82, 2.24) is 10.6 Å². The molecule has 1 rings (SSSR count). The van der Waals surface area contributed by atoms with Crippen LogP contribution in [0.5, 0.6) is 0 Å². The average molecular weight is 252 g/mol. The highest BCUT2D eigenvalue weighted by atomic mass is 16.2. The van der Waals surface area contributed by atoms with Crippen molar-refractivity contribution in [2.24, 2.45) is 11.3 Å². The topological polar surface area (TPSA) is 75.3 Å². The number of hydrogen-bond donors (Lipinski definition) is 2. The summed E-state index contributed by atoms with van der Waals surface area (Å²) in [5.41, 5.74) is -0.465. The van der Waals surface area contributed by atoms with Gasteiger partial charge in [-0.3, -0.25) is 20.2 Å². The Morgan fingerprint density at radius 3 is 2.17 bits per heavy atom. The number of hydrogen-bond acceptors (Lipinski definition) is 3. The van der Waals surface area contributed by atoms with Gasteiger partial charge in [0.2, 0.25) is 11.8 Å². The zero-order chi connectivity index (χ0) is 13.9. The number of allylic oxidation sites excluding steroid dienone is 1. The lowest BCUT2D eigenvalue weighted by atomic mass is 9.68. The Balaban J connectivity index is 3.17. The highest BCUT2D eigenvalue weighted by Crippen LogP contribution is 2.38. The lowest BCUT2D eigenvalue weighted by Crippen LogP contribution is -2.64. The summed E-state index contributed by atoms with van der Waals surface area (Å²) >= 11 is 0. The van der Waals surface area contributed by atoms with Crippen LogP contribution in [0.3, 0.4) is 0 Å². The molecule has 2 N–H and O–H groups in total. The summed E-state index contributed by atoms with van der Waals surface area (Å²) in [6.07, 6.45) is 1.87. The third kappa shape index (κ3) is 2.44. The number of barbiturate groups is 1. The predicted molar refractivity (Wildman–Crippen MR) is 67.6 cm³/mol. The molecule has 0 aliphatic carbocycles. The Labute approximate surface area is 107 Å². The van der Waals surface area contributed by atoms with Crippen molar-refractivity contribution in [3.05, 3.63) is 12.2 Å². The fourth-order valence-corrected chi connectivity index (χ4v) is 2.50. The summed E-state index contributed by atoms with van der Waals surface area (Å²) in [6.45, 7) is 9.41. The number of amides is 4. The fourth-order valence-electron chi connectivity index (χ4n) is 2.50. The second-order valence-corrected chi connectivity index (χ2v) is 5.03. The second-order valence-electron chi connectivity index (χ2n) is 5.03. The van der Waals surface area contributed by atoms with Crippen LogP contribution in [0.15, 0.2) is 12.2 Å². The van der Waals surface area contributed by atoms with E-state index in [2.05, 4.69) is 17.2 Å². The van der Waals surface area contributed by atoms with E-state index in [0.717, 1.165) is 18.4 Å². The van der Waals surface area contributed by atoms with E-state index < -0.39 is 23.3 Å². The molecular weight excluding hydrogens is 232 g/mol. The van der Waals surface area contributed by atoms with Crippen LogP contribution in [-0.4, -0.2) is 17.8 Å². The molecule has 100 valence electrons. The van der Waals surface area contributed by atoms with Crippen molar-refractivity contribution in [2.45, 2.75) is 40.0 Å². The predicted octanol–water partition coefficient (Wildman–Crippen LogP) is 1.74. The molecular formula is C13H20N2O3. The van der Waals surface area contributed by atoms with Crippen LogP contribution in [0.1, 0.15) is 40.0 Å². The minimum absolute atomic E-state index is 0.146. The Morgan fingerprint density at radius 1 is 1.28 bits per heavy atom. The highest BCUT2D eigenvalue weighted by Gasteiger charge is 2.53. The van der Waals surface area contributed by atoms with Gasteiger partial charge in [0.25, 0.3) is 0 Å². The van der Waals surface area contributed by atoms with E-state index in [4.69, 9.17) is 0 Å². The van der Waals surface area contributed by atoms with Gasteiger partial charge in [-0.05, 0) is 25.7 Å². The largest absolute Gasteiger partial charge is 0.328 e. The fraction of sp³-hybridized carbons (Fsp3) is 0.615. The first kappa shape index (κ1) is 14.4. The zero-order valence-electron chi connectivity index (χ0n) is 11.1. The van der Waals surface area contributed by atoms with Gasteiger partial charge < -0.3 is 0 Å². The minimum Gasteiger partial charge on any atom is -0.277 e. The summed E-state index contributed by atoms with van der Waals surface area (Å²) in [6, 6.07) is -0.744. The van der Waals surface area contributed by atoms with Crippen LogP contribution in [0.4, 0.5) is 4.79 Å². The maximum atomic E-state index is 12.2. The van der Waals surface area contributed by atoms with Crippen LogP contribution in [0.25, 0.3) is 0 Å². The lowest BCUT2D eigenvalue weighted by molar-refractivity contribution is -0.148. The molecule has 0 bridgehead atoms. The van der Waals surface area contributed by atoms with Crippen LogP contribution >= 0.6 is 0 Å². The standard InChI is InChI=1S/C13H20N2O3/c1-5-6-9(4)13(7-8(2)3)10(16)14-12(18)15-11(13)17/h9H,2,5-7H2,1,3-4H3,(H2,14,15,16,17,18). The van der Waals surface area contributed by atoms with Crippen LogP contribution in [0.2, 0.25) is 0 Å². The first-order valence-corrected chi connectivity index (χ1v) is 6.15. The van der Waals surface area contributed by atoms with Crippen molar-refractivity contribution >= 4 is 17.8 Å². The molecule has 0 aromatic carbocycles. The third-order valence-corrected chi connectivity index (χ3v) is 3.41. The Bertz CT molecular complexity index is 381. The quantitative estimate of drug-likeness (QED) is 0.578. The molecule has 4 amide bonds. The molecule has 5 nitrogen and oxygen atoms in total. The molecule has 1 aliphatic rings. The van der Waals surface area contributed by atoms with E-state index >= 15 is 0 Å². The zero-order valence-corrected chi connectivity index (χ0v) is 11.1. The summed E-state index contributed by atoms with van der Waals surface area (Å²) in [7, 11) is 0. The van der Waals surface area contributed by atoms with Gasteiger partial charge in [0.1, 0.15) is 5.41 Å².